The average molecular weight is 356 g/mol. The van der Waals surface area contributed by atoms with Crippen molar-refractivity contribution >= 4 is 15.9 Å². The molecule has 0 spiro atoms. The van der Waals surface area contributed by atoms with Crippen LogP contribution in [0.5, 0.6) is 5.75 Å². The monoisotopic (exact) mass is 355 g/mol. The molecule has 3 nitrogen and oxygen atoms in total. The van der Waals surface area contributed by atoms with E-state index in [0.29, 0.717) is 12.0 Å². The molecule has 118 valence electrons. The van der Waals surface area contributed by atoms with Crippen molar-refractivity contribution in [3.8, 4) is 5.75 Å². The van der Waals surface area contributed by atoms with Crippen LogP contribution in [-0.2, 0) is 11.2 Å². The lowest BCUT2D eigenvalue weighted by Crippen LogP contribution is -2.34. The Bertz CT molecular complexity index is 433. The molecule has 1 saturated heterocycles. The molecule has 4 heteroatoms. The van der Waals surface area contributed by atoms with E-state index < -0.39 is 0 Å². The highest BCUT2D eigenvalue weighted by Crippen LogP contribution is 2.26. The van der Waals surface area contributed by atoms with E-state index in [-0.39, 0.29) is 0 Å². The second-order valence-corrected chi connectivity index (χ2v) is 6.69. The number of benzene rings is 1. The van der Waals surface area contributed by atoms with Gasteiger partial charge in [-0.2, -0.15) is 0 Å². The van der Waals surface area contributed by atoms with Crippen LogP contribution >= 0.6 is 15.9 Å². The van der Waals surface area contributed by atoms with E-state index in [1.165, 1.54) is 18.4 Å². The molecule has 2 atom stereocenters. The summed E-state index contributed by atoms with van der Waals surface area (Å²) in [5.41, 5.74) is 1.26. The molecular formula is C17H26BrNO2. The van der Waals surface area contributed by atoms with Gasteiger partial charge in [-0.1, -0.05) is 22.9 Å². The minimum atomic E-state index is 0.486. The summed E-state index contributed by atoms with van der Waals surface area (Å²) < 4.78 is 12.1. The summed E-state index contributed by atoms with van der Waals surface area (Å²) in [6.07, 6.45) is 4.53. The third-order valence-electron chi connectivity index (χ3n) is 4.03. The second kappa shape index (κ2) is 8.76. The summed E-state index contributed by atoms with van der Waals surface area (Å²) in [7, 11) is 1.74. The van der Waals surface area contributed by atoms with Gasteiger partial charge < -0.3 is 14.8 Å². The number of nitrogens with one attached hydrogen (secondary N) is 1. The number of hydrogen-bond donors (Lipinski definition) is 1. The molecule has 2 rings (SSSR count). The SMILES string of the molecule is CCCNC(Cc1cc(Br)ccc1OC)CC1CCOC1. The van der Waals surface area contributed by atoms with Crippen molar-refractivity contribution in [3.63, 3.8) is 0 Å². The maximum absolute atomic E-state index is 5.52. The summed E-state index contributed by atoms with van der Waals surface area (Å²) in [6, 6.07) is 6.72. The molecule has 0 bridgehead atoms. The predicted molar refractivity (Wildman–Crippen MR) is 90.0 cm³/mol. The molecule has 1 fully saturated rings. The topological polar surface area (TPSA) is 30.5 Å². The molecule has 0 amide bonds. The van der Waals surface area contributed by atoms with Crippen LogP contribution in [0.4, 0.5) is 0 Å². The number of hydrogen-bond acceptors (Lipinski definition) is 3. The van der Waals surface area contributed by atoms with Crippen molar-refractivity contribution in [1.82, 2.24) is 5.32 Å². The molecule has 1 aromatic rings. The van der Waals surface area contributed by atoms with Gasteiger partial charge in [0.2, 0.25) is 0 Å². The lowest BCUT2D eigenvalue weighted by atomic mass is 9.94. The molecule has 1 heterocycles. The van der Waals surface area contributed by atoms with Crippen molar-refractivity contribution < 1.29 is 9.47 Å². The van der Waals surface area contributed by atoms with Crippen molar-refractivity contribution in [2.24, 2.45) is 5.92 Å². The molecule has 2 unspecified atom stereocenters. The first-order valence-corrected chi connectivity index (χ1v) is 8.65. The molecule has 21 heavy (non-hydrogen) atoms. The Morgan fingerprint density at radius 3 is 3.00 bits per heavy atom. The Labute approximate surface area is 136 Å². The van der Waals surface area contributed by atoms with Crippen molar-refractivity contribution in [1.29, 1.82) is 0 Å². The Morgan fingerprint density at radius 2 is 2.33 bits per heavy atom. The summed E-state index contributed by atoms with van der Waals surface area (Å²) in [5, 5.41) is 3.69. The predicted octanol–water partition coefficient (Wildman–Crippen LogP) is 3.80. The number of halogens is 1. The van der Waals surface area contributed by atoms with E-state index in [0.717, 1.165) is 42.8 Å². The first kappa shape index (κ1) is 16.8. The van der Waals surface area contributed by atoms with E-state index in [9.17, 15) is 0 Å². The molecular weight excluding hydrogens is 330 g/mol. The number of ether oxygens (including phenoxy) is 2. The zero-order valence-electron chi connectivity index (χ0n) is 13.0. The molecule has 1 aliphatic heterocycles. The van der Waals surface area contributed by atoms with E-state index in [2.05, 4.69) is 34.2 Å². The van der Waals surface area contributed by atoms with Gasteiger partial charge >= 0.3 is 0 Å². The lowest BCUT2D eigenvalue weighted by Gasteiger charge is -2.22. The summed E-state index contributed by atoms with van der Waals surface area (Å²) in [5.74, 6) is 1.67. The Morgan fingerprint density at radius 1 is 1.48 bits per heavy atom. The molecule has 0 aromatic heterocycles. The van der Waals surface area contributed by atoms with Crippen LogP contribution in [0.1, 0.15) is 31.7 Å². The third kappa shape index (κ3) is 5.28. The van der Waals surface area contributed by atoms with Crippen LogP contribution in [0.3, 0.4) is 0 Å². The summed E-state index contributed by atoms with van der Waals surface area (Å²) in [6.45, 7) is 5.11. The van der Waals surface area contributed by atoms with Crippen molar-refractivity contribution in [2.45, 2.75) is 38.6 Å². The number of rotatable bonds is 8. The van der Waals surface area contributed by atoms with E-state index in [4.69, 9.17) is 9.47 Å². The fraction of sp³-hybridized carbons (Fsp3) is 0.647. The van der Waals surface area contributed by atoms with Crippen molar-refractivity contribution in [3.05, 3.63) is 28.2 Å². The van der Waals surface area contributed by atoms with Crippen LogP contribution in [0.15, 0.2) is 22.7 Å². The second-order valence-electron chi connectivity index (χ2n) is 5.78. The third-order valence-corrected chi connectivity index (χ3v) is 4.53. The highest BCUT2D eigenvalue weighted by atomic mass is 79.9. The molecule has 0 radical (unpaired) electrons. The quantitative estimate of drug-likeness (QED) is 0.769. The van der Waals surface area contributed by atoms with Gasteiger partial charge in [0, 0.05) is 23.7 Å². The van der Waals surface area contributed by atoms with E-state index in [1.807, 2.05) is 12.1 Å². The van der Waals surface area contributed by atoms with Gasteiger partial charge in [0.05, 0.1) is 7.11 Å². The summed E-state index contributed by atoms with van der Waals surface area (Å²) >= 11 is 3.56. The normalized spacial score (nSPS) is 19.7. The van der Waals surface area contributed by atoms with Crippen molar-refractivity contribution in [2.75, 3.05) is 26.9 Å². The average Bonchev–Trinajstić information content (AvgIpc) is 2.98. The Hall–Kier alpha value is -0.580. The van der Waals surface area contributed by atoms with Gasteiger partial charge in [-0.3, -0.25) is 0 Å². The maximum atomic E-state index is 5.52. The van der Waals surface area contributed by atoms with Crippen LogP contribution < -0.4 is 10.1 Å². The molecule has 1 N–H and O–H groups in total. The van der Waals surface area contributed by atoms with Gasteiger partial charge in [-0.15, -0.1) is 0 Å². The van der Waals surface area contributed by atoms with Crippen LogP contribution in [-0.4, -0.2) is 32.9 Å². The van der Waals surface area contributed by atoms with Crippen LogP contribution in [0.2, 0.25) is 0 Å². The Balaban J connectivity index is 2.03. The van der Waals surface area contributed by atoms with Gasteiger partial charge in [0.25, 0.3) is 0 Å². The largest absolute Gasteiger partial charge is 0.496 e. The molecule has 1 aromatic carbocycles. The van der Waals surface area contributed by atoms with Crippen LogP contribution in [0, 0.1) is 5.92 Å². The zero-order valence-corrected chi connectivity index (χ0v) is 14.6. The molecule has 0 aliphatic carbocycles. The highest BCUT2D eigenvalue weighted by Gasteiger charge is 2.21. The minimum Gasteiger partial charge on any atom is -0.496 e. The molecule has 1 aliphatic rings. The Kier molecular flexibility index (Phi) is 7.00. The van der Waals surface area contributed by atoms with Gasteiger partial charge in [-0.25, -0.2) is 0 Å². The molecule has 0 saturated carbocycles. The fourth-order valence-corrected chi connectivity index (χ4v) is 3.34. The smallest absolute Gasteiger partial charge is 0.122 e. The zero-order chi connectivity index (χ0) is 15.1. The van der Waals surface area contributed by atoms with Gasteiger partial charge in [0.15, 0.2) is 0 Å². The van der Waals surface area contributed by atoms with Gasteiger partial charge in [0.1, 0.15) is 5.75 Å². The van der Waals surface area contributed by atoms with E-state index in [1.54, 1.807) is 7.11 Å². The lowest BCUT2D eigenvalue weighted by molar-refractivity contribution is 0.181. The van der Waals surface area contributed by atoms with E-state index >= 15 is 0 Å². The minimum absolute atomic E-state index is 0.486. The fourth-order valence-electron chi connectivity index (χ4n) is 2.93. The van der Waals surface area contributed by atoms with Crippen LogP contribution in [0.25, 0.3) is 0 Å². The maximum Gasteiger partial charge on any atom is 0.122 e. The highest BCUT2D eigenvalue weighted by molar-refractivity contribution is 9.10. The first-order chi connectivity index (χ1) is 10.2. The number of methoxy groups -OCH3 is 1. The van der Waals surface area contributed by atoms with Gasteiger partial charge in [-0.05, 0) is 61.9 Å². The standard InChI is InChI=1S/C17H26BrNO2/c1-3-7-19-16(9-13-6-8-21-12-13)11-14-10-15(18)4-5-17(14)20-2/h4-5,10,13,16,19H,3,6-9,11-12H2,1-2H3. The summed E-state index contributed by atoms with van der Waals surface area (Å²) in [4.78, 5) is 0. The first-order valence-electron chi connectivity index (χ1n) is 7.86.